The second-order valence-corrected chi connectivity index (χ2v) is 5.96. The number of rotatable bonds is 2. The van der Waals surface area contributed by atoms with E-state index < -0.39 is 5.60 Å². The number of H-pyrrole nitrogens is 1. The Labute approximate surface area is 118 Å². The number of carbonyl (C=O) groups excluding carboxylic acids is 1. The molecule has 20 heavy (non-hydrogen) atoms. The lowest BCUT2D eigenvalue weighted by Crippen LogP contribution is -2.33. The lowest BCUT2D eigenvalue weighted by molar-refractivity contribution is 0.0285. The van der Waals surface area contributed by atoms with Gasteiger partial charge in [0.1, 0.15) is 5.60 Å². The first-order valence-corrected chi connectivity index (χ1v) is 6.56. The molecular formula is C15H21N3O2. The van der Waals surface area contributed by atoms with E-state index in [4.69, 9.17) is 10.5 Å². The number of hydrogen-bond donors (Lipinski definition) is 2. The van der Waals surface area contributed by atoms with Gasteiger partial charge in [-0.1, -0.05) is 6.07 Å². The van der Waals surface area contributed by atoms with Gasteiger partial charge in [0, 0.05) is 30.7 Å². The van der Waals surface area contributed by atoms with Crippen molar-refractivity contribution in [3.05, 3.63) is 30.0 Å². The molecule has 0 saturated carbocycles. The summed E-state index contributed by atoms with van der Waals surface area (Å²) in [5, 5.41) is 0.972. The lowest BCUT2D eigenvalue weighted by Gasteiger charge is -2.24. The van der Waals surface area contributed by atoms with Crippen molar-refractivity contribution in [3.8, 4) is 0 Å². The van der Waals surface area contributed by atoms with Crippen LogP contribution in [0, 0.1) is 0 Å². The molecule has 1 heterocycles. The van der Waals surface area contributed by atoms with Crippen LogP contribution in [0.1, 0.15) is 26.3 Å². The topological polar surface area (TPSA) is 71.3 Å². The number of nitrogen functional groups attached to an aromatic ring is 1. The fourth-order valence-corrected chi connectivity index (χ4v) is 1.97. The Morgan fingerprint density at radius 2 is 2.10 bits per heavy atom. The molecule has 0 aliphatic heterocycles. The minimum absolute atomic E-state index is 0.334. The summed E-state index contributed by atoms with van der Waals surface area (Å²) in [7, 11) is 1.72. The summed E-state index contributed by atoms with van der Waals surface area (Å²) in [6.45, 7) is 6.04. The fraction of sp³-hybridized carbons (Fsp3) is 0.400. The Balaban J connectivity index is 2.11. The number of nitrogens with two attached hydrogens (primary N) is 1. The van der Waals surface area contributed by atoms with Gasteiger partial charge in [-0.25, -0.2) is 4.79 Å². The molecule has 0 radical (unpaired) electrons. The third-order valence-electron chi connectivity index (χ3n) is 2.90. The van der Waals surface area contributed by atoms with Crippen molar-refractivity contribution in [2.45, 2.75) is 32.9 Å². The van der Waals surface area contributed by atoms with Crippen LogP contribution in [0.3, 0.4) is 0 Å². The molecule has 0 aliphatic carbocycles. The maximum absolute atomic E-state index is 11.9. The van der Waals surface area contributed by atoms with E-state index >= 15 is 0 Å². The standard InChI is InChI=1S/C15H21N3O2/c1-15(2,3)20-14(19)18(4)9-10-5-6-13-11(7-10)12(16)8-17-13/h5-8,17H,9,16H2,1-4H3. The first-order valence-electron chi connectivity index (χ1n) is 6.56. The number of amides is 1. The number of nitrogens with zero attached hydrogens (tertiary/aromatic N) is 1. The number of nitrogens with one attached hydrogen (secondary N) is 1. The Morgan fingerprint density at radius 3 is 2.75 bits per heavy atom. The molecule has 0 bridgehead atoms. The van der Waals surface area contributed by atoms with Gasteiger partial charge in [-0.05, 0) is 38.5 Å². The molecule has 1 amide bonds. The van der Waals surface area contributed by atoms with Crippen LogP contribution in [-0.4, -0.2) is 28.6 Å². The van der Waals surface area contributed by atoms with Crippen LogP contribution in [-0.2, 0) is 11.3 Å². The minimum Gasteiger partial charge on any atom is -0.444 e. The van der Waals surface area contributed by atoms with E-state index in [1.807, 2.05) is 39.0 Å². The van der Waals surface area contributed by atoms with E-state index in [1.54, 1.807) is 18.1 Å². The fourth-order valence-electron chi connectivity index (χ4n) is 1.97. The van der Waals surface area contributed by atoms with Crippen LogP contribution in [0.5, 0.6) is 0 Å². The minimum atomic E-state index is -0.486. The quantitative estimate of drug-likeness (QED) is 0.884. The molecular weight excluding hydrogens is 254 g/mol. The predicted molar refractivity (Wildman–Crippen MR) is 80.4 cm³/mol. The first-order chi connectivity index (χ1) is 9.26. The Bertz CT molecular complexity index is 626. The van der Waals surface area contributed by atoms with Crippen LogP contribution in [0.25, 0.3) is 10.9 Å². The molecule has 0 atom stereocenters. The van der Waals surface area contributed by atoms with Gasteiger partial charge in [0.05, 0.1) is 5.69 Å². The van der Waals surface area contributed by atoms with Crippen molar-refractivity contribution in [2.75, 3.05) is 12.8 Å². The second kappa shape index (κ2) is 5.07. The van der Waals surface area contributed by atoms with Gasteiger partial charge in [-0.15, -0.1) is 0 Å². The lowest BCUT2D eigenvalue weighted by atomic mass is 10.1. The van der Waals surface area contributed by atoms with Crippen LogP contribution < -0.4 is 5.73 Å². The highest BCUT2D eigenvalue weighted by atomic mass is 16.6. The van der Waals surface area contributed by atoms with Crippen LogP contribution >= 0.6 is 0 Å². The van der Waals surface area contributed by atoms with Gasteiger partial charge in [0.15, 0.2) is 0 Å². The summed E-state index contributed by atoms with van der Waals surface area (Å²) in [5.41, 5.74) is 8.11. The number of benzene rings is 1. The third kappa shape index (κ3) is 3.23. The maximum atomic E-state index is 11.9. The highest BCUT2D eigenvalue weighted by Crippen LogP contribution is 2.22. The van der Waals surface area contributed by atoms with Crippen LogP contribution in [0.4, 0.5) is 10.5 Å². The summed E-state index contributed by atoms with van der Waals surface area (Å²) >= 11 is 0. The Hall–Kier alpha value is -2.17. The molecule has 0 aliphatic rings. The number of fused-ring (bicyclic) bond motifs is 1. The molecule has 3 N–H and O–H groups in total. The zero-order valence-corrected chi connectivity index (χ0v) is 12.4. The molecule has 0 unspecified atom stereocenters. The molecule has 1 aromatic heterocycles. The van der Waals surface area contributed by atoms with Crippen molar-refractivity contribution >= 4 is 22.7 Å². The predicted octanol–water partition coefficient (Wildman–Crippen LogP) is 3.12. The molecule has 5 nitrogen and oxygen atoms in total. The van der Waals surface area contributed by atoms with Gasteiger partial charge < -0.3 is 20.4 Å². The van der Waals surface area contributed by atoms with E-state index in [0.29, 0.717) is 12.2 Å². The largest absolute Gasteiger partial charge is 0.444 e. The molecule has 5 heteroatoms. The van der Waals surface area contributed by atoms with Gasteiger partial charge in [0.2, 0.25) is 0 Å². The van der Waals surface area contributed by atoms with Gasteiger partial charge >= 0.3 is 6.09 Å². The van der Waals surface area contributed by atoms with Gasteiger partial charge in [0.25, 0.3) is 0 Å². The summed E-state index contributed by atoms with van der Waals surface area (Å²) in [6.07, 6.45) is 1.44. The monoisotopic (exact) mass is 275 g/mol. The summed E-state index contributed by atoms with van der Waals surface area (Å²) in [6, 6.07) is 5.92. The second-order valence-electron chi connectivity index (χ2n) is 5.96. The zero-order chi connectivity index (χ0) is 14.9. The molecule has 0 fully saturated rings. The van der Waals surface area contributed by atoms with E-state index in [9.17, 15) is 4.79 Å². The first kappa shape index (κ1) is 14.2. The van der Waals surface area contributed by atoms with Crippen molar-refractivity contribution in [1.29, 1.82) is 0 Å². The molecule has 2 rings (SSSR count). The van der Waals surface area contributed by atoms with Crippen molar-refractivity contribution < 1.29 is 9.53 Å². The van der Waals surface area contributed by atoms with Gasteiger partial charge in [-0.2, -0.15) is 0 Å². The maximum Gasteiger partial charge on any atom is 0.410 e. The van der Waals surface area contributed by atoms with E-state index in [-0.39, 0.29) is 6.09 Å². The van der Waals surface area contributed by atoms with Crippen LogP contribution in [0.2, 0.25) is 0 Å². The van der Waals surface area contributed by atoms with Crippen LogP contribution in [0.15, 0.2) is 24.4 Å². The Kier molecular flexibility index (Phi) is 3.61. The third-order valence-corrected chi connectivity index (χ3v) is 2.90. The Morgan fingerprint density at radius 1 is 1.40 bits per heavy atom. The molecule has 1 aromatic carbocycles. The summed E-state index contributed by atoms with van der Waals surface area (Å²) in [5.74, 6) is 0. The molecule has 0 saturated heterocycles. The number of anilines is 1. The average molecular weight is 275 g/mol. The van der Waals surface area contributed by atoms with Crippen molar-refractivity contribution in [2.24, 2.45) is 0 Å². The summed E-state index contributed by atoms with van der Waals surface area (Å²) < 4.78 is 5.32. The number of aromatic amines is 1. The molecule has 0 spiro atoms. The van der Waals surface area contributed by atoms with Gasteiger partial charge in [-0.3, -0.25) is 0 Å². The number of aromatic nitrogens is 1. The van der Waals surface area contributed by atoms with E-state index in [2.05, 4.69) is 4.98 Å². The van der Waals surface area contributed by atoms with E-state index in [0.717, 1.165) is 16.5 Å². The molecule has 108 valence electrons. The smallest absolute Gasteiger partial charge is 0.410 e. The summed E-state index contributed by atoms with van der Waals surface area (Å²) in [4.78, 5) is 16.6. The molecule has 2 aromatic rings. The zero-order valence-electron chi connectivity index (χ0n) is 12.4. The number of ether oxygens (including phenoxy) is 1. The SMILES string of the molecule is CN(Cc1ccc2[nH]cc(N)c2c1)C(=O)OC(C)(C)C. The van der Waals surface area contributed by atoms with E-state index in [1.165, 1.54) is 0 Å². The highest BCUT2D eigenvalue weighted by molar-refractivity contribution is 5.91. The van der Waals surface area contributed by atoms with Crippen molar-refractivity contribution in [3.63, 3.8) is 0 Å². The van der Waals surface area contributed by atoms with Crippen molar-refractivity contribution in [1.82, 2.24) is 9.88 Å². The number of carbonyl (C=O) groups is 1. The highest BCUT2D eigenvalue weighted by Gasteiger charge is 2.19. The number of hydrogen-bond acceptors (Lipinski definition) is 3. The average Bonchev–Trinajstić information content (AvgIpc) is 2.69. The normalized spacial score (nSPS) is 11.6.